The molecule has 2 aromatic rings. The zero-order valence-electron chi connectivity index (χ0n) is 12.8. The van der Waals surface area contributed by atoms with Crippen LogP contribution in [0.1, 0.15) is 13.8 Å². The highest BCUT2D eigenvalue weighted by Gasteiger charge is 2.17. The lowest BCUT2D eigenvalue weighted by Gasteiger charge is -2.15. The third kappa shape index (κ3) is 4.69. The highest BCUT2D eigenvalue weighted by molar-refractivity contribution is 8.00. The minimum atomic E-state index is -0.927. The van der Waals surface area contributed by atoms with Gasteiger partial charge in [0.25, 0.3) is 0 Å². The van der Waals surface area contributed by atoms with Crippen LogP contribution in [0.15, 0.2) is 47.4 Å². The van der Waals surface area contributed by atoms with E-state index >= 15 is 0 Å². The number of benzene rings is 2. The average Bonchev–Trinajstić information content (AvgIpc) is 2.53. The van der Waals surface area contributed by atoms with Crippen LogP contribution >= 0.6 is 11.8 Å². The Labute approximate surface area is 138 Å². The van der Waals surface area contributed by atoms with Gasteiger partial charge in [0.2, 0.25) is 5.91 Å². The first-order chi connectivity index (χ1) is 11.0. The van der Waals surface area contributed by atoms with E-state index in [-0.39, 0.29) is 5.91 Å². The number of carbonyl (C=O) groups excluding carboxylic acids is 1. The molecule has 0 saturated heterocycles. The molecule has 1 amide bonds. The molecule has 3 nitrogen and oxygen atoms in total. The molecule has 0 unspecified atom stereocenters. The predicted molar refractivity (Wildman–Crippen MR) is 87.9 cm³/mol. The van der Waals surface area contributed by atoms with E-state index in [1.54, 1.807) is 25.1 Å². The summed E-state index contributed by atoms with van der Waals surface area (Å²) in [5.74, 6) is -1.48. The minimum absolute atomic E-state index is 0.244. The number of hydrogen-bond acceptors (Lipinski definition) is 3. The van der Waals surface area contributed by atoms with Crippen LogP contribution in [-0.4, -0.2) is 17.8 Å². The van der Waals surface area contributed by atoms with E-state index in [1.807, 2.05) is 13.0 Å². The van der Waals surface area contributed by atoms with E-state index in [2.05, 4.69) is 5.32 Å². The Kier molecular flexibility index (Phi) is 5.98. The highest BCUT2D eigenvalue weighted by Crippen LogP contribution is 2.28. The summed E-state index contributed by atoms with van der Waals surface area (Å²) in [4.78, 5) is 12.8. The fourth-order valence-electron chi connectivity index (χ4n) is 1.89. The van der Waals surface area contributed by atoms with Gasteiger partial charge in [-0.25, -0.2) is 8.78 Å². The molecule has 23 heavy (non-hydrogen) atoms. The number of ether oxygens (including phenoxy) is 1. The van der Waals surface area contributed by atoms with Crippen molar-refractivity contribution in [1.82, 2.24) is 0 Å². The van der Waals surface area contributed by atoms with Gasteiger partial charge in [0.15, 0.2) is 11.6 Å². The van der Waals surface area contributed by atoms with Gasteiger partial charge >= 0.3 is 0 Å². The van der Waals surface area contributed by atoms with Gasteiger partial charge in [0.05, 0.1) is 17.5 Å². The molecule has 0 spiro atoms. The number of nitrogens with one attached hydrogen (secondary N) is 1. The zero-order chi connectivity index (χ0) is 16.8. The van der Waals surface area contributed by atoms with Gasteiger partial charge in [0.1, 0.15) is 5.75 Å². The fraction of sp³-hybridized carbons (Fsp3) is 0.235. The normalized spacial score (nSPS) is 11.8. The molecular weight excluding hydrogens is 320 g/mol. The molecular formula is C17H17F2NO2S. The maximum atomic E-state index is 13.2. The highest BCUT2D eigenvalue weighted by atomic mass is 32.2. The first kappa shape index (κ1) is 17.3. The second kappa shape index (κ2) is 7.97. The van der Waals surface area contributed by atoms with Crippen molar-refractivity contribution in [3.63, 3.8) is 0 Å². The summed E-state index contributed by atoms with van der Waals surface area (Å²) in [5, 5.41) is 2.31. The Morgan fingerprint density at radius 3 is 2.65 bits per heavy atom. The Morgan fingerprint density at radius 2 is 1.96 bits per heavy atom. The summed E-state index contributed by atoms with van der Waals surface area (Å²) < 4.78 is 31.6. The number of thioether (sulfide) groups is 1. The summed E-state index contributed by atoms with van der Waals surface area (Å²) in [5.41, 5.74) is 0.581. The lowest BCUT2D eigenvalue weighted by atomic mass is 10.3. The van der Waals surface area contributed by atoms with Crippen molar-refractivity contribution in [3.8, 4) is 5.75 Å². The number of carbonyl (C=O) groups is 1. The van der Waals surface area contributed by atoms with Crippen molar-refractivity contribution in [2.45, 2.75) is 24.0 Å². The molecule has 0 aliphatic carbocycles. The topological polar surface area (TPSA) is 38.3 Å². The Balaban J connectivity index is 2.04. The molecule has 0 aliphatic rings. The number of amides is 1. The number of hydrogen-bond donors (Lipinski definition) is 1. The molecule has 0 fully saturated rings. The maximum Gasteiger partial charge on any atom is 0.237 e. The molecule has 0 aromatic heterocycles. The Bertz CT molecular complexity index is 694. The van der Waals surface area contributed by atoms with Crippen LogP contribution in [0.5, 0.6) is 5.75 Å². The molecule has 122 valence electrons. The van der Waals surface area contributed by atoms with Crippen molar-refractivity contribution in [3.05, 3.63) is 54.1 Å². The van der Waals surface area contributed by atoms with E-state index in [1.165, 1.54) is 6.07 Å². The molecule has 2 rings (SSSR count). The van der Waals surface area contributed by atoms with Crippen LogP contribution in [0.2, 0.25) is 0 Å². The lowest BCUT2D eigenvalue weighted by Crippen LogP contribution is -2.22. The molecule has 0 heterocycles. The van der Waals surface area contributed by atoms with Crippen LogP contribution in [0, 0.1) is 11.6 Å². The maximum absolute atomic E-state index is 13.2. The van der Waals surface area contributed by atoms with Crippen molar-refractivity contribution in [1.29, 1.82) is 0 Å². The van der Waals surface area contributed by atoms with E-state index in [0.29, 0.717) is 22.9 Å². The van der Waals surface area contributed by atoms with Gasteiger partial charge in [0, 0.05) is 4.90 Å². The first-order valence-corrected chi connectivity index (χ1v) is 8.03. The minimum Gasteiger partial charge on any atom is -0.492 e. The number of rotatable bonds is 6. The molecule has 0 aliphatic heterocycles. The van der Waals surface area contributed by atoms with Gasteiger partial charge in [-0.2, -0.15) is 0 Å². The summed E-state index contributed by atoms with van der Waals surface area (Å²) in [7, 11) is 0. The van der Waals surface area contributed by atoms with Gasteiger partial charge < -0.3 is 10.1 Å². The fourth-order valence-corrected chi connectivity index (χ4v) is 2.79. The predicted octanol–water partition coefficient (Wildman–Crippen LogP) is 4.48. The van der Waals surface area contributed by atoms with Crippen molar-refractivity contribution in [2.75, 3.05) is 11.9 Å². The third-order valence-electron chi connectivity index (χ3n) is 3.02. The third-order valence-corrected chi connectivity index (χ3v) is 4.11. The summed E-state index contributed by atoms with van der Waals surface area (Å²) >= 11 is 1.15. The van der Waals surface area contributed by atoms with Gasteiger partial charge in [-0.1, -0.05) is 12.1 Å². The zero-order valence-corrected chi connectivity index (χ0v) is 13.6. The van der Waals surface area contributed by atoms with Crippen LogP contribution in [0.4, 0.5) is 14.5 Å². The van der Waals surface area contributed by atoms with E-state index in [9.17, 15) is 13.6 Å². The lowest BCUT2D eigenvalue weighted by molar-refractivity contribution is -0.115. The molecule has 0 radical (unpaired) electrons. The SMILES string of the molecule is CCOc1ccccc1NC(=O)[C@@H](C)Sc1ccc(F)c(F)c1. The number of halogens is 2. The van der Waals surface area contributed by atoms with Crippen molar-refractivity contribution in [2.24, 2.45) is 0 Å². The summed E-state index contributed by atoms with van der Waals surface area (Å²) in [6.45, 7) is 4.05. The van der Waals surface area contributed by atoms with Crippen molar-refractivity contribution < 1.29 is 18.3 Å². The first-order valence-electron chi connectivity index (χ1n) is 7.15. The second-order valence-corrected chi connectivity index (χ2v) is 6.17. The van der Waals surface area contributed by atoms with Gasteiger partial charge in [-0.15, -0.1) is 11.8 Å². The van der Waals surface area contributed by atoms with Gasteiger partial charge in [-0.05, 0) is 44.2 Å². The molecule has 6 heteroatoms. The number of anilines is 1. The quantitative estimate of drug-likeness (QED) is 0.790. The van der Waals surface area contributed by atoms with Crippen LogP contribution < -0.4 is 10.1 Å². The van der Waals surface area contributed by atoms with E-state index in [4.69, 9.17) is 4.74 Å². The van der Waals surface area contributed by atoms with Crippen molar-refractivity contribution >= 4 is 23.4 Å². The summed E-state index contributed by atoms with van der Waals surface area (Å²) in [6.07, 6.45) is 0. The summed E-state index contributed by atoms with van der Waals surface area (Å²) in [6, 6.07) is 10.7. The monoisotopic (exact) mass is 337 g/mol. The molecule has 0 bridgehead atoms. The van der Waals surface area contributed by atoms with E-state index in [0.717, 1.165) is 23.9 Å². The smallest absolute Gasteiger partial charge is 0.237 e. The Morgan fingerprint density at radius 1 is 1.22 bits per heavy atom. The molecule has 1 N–H and O–H groups in total. The van der Waals surface area contributed by atoms with Crippen LogP contribution in [0.3, 0.4) is 0 Å². The van der Waals surface area contributed by atoms with Crippen LogP contribution in [0.25, 0.3) is 0 Å². The molecule has 2 aromatic carbocycles. The average molecular weight is 337 g/mol. The number of para-hydroxylation sites is 2. The second-order valence-electron chi connectivity index (χ2n) is 4.75. The molecule has 0 saturated carbocycles. The largest absolute Gasteiger partial charge is 0.492 e. The Hall–Kier alpha value is -2.08. The van der Waals surface area contributed by atoms with Crippen LogP contribution in [-0.2, 0) is 4.79 Å². The van der Waals surface area contributed by atoms with E-state index < -0.39 is 16.9 Å². The molecule has 1 atom stereocenters. The standard InChI is InChI=1S/C17H17F2NO2S/c1-3-22-16-7-5-4-6-15(16)20-17(21)11(2)23-12-8-9-13(18)14(19)10-12/h4-11H,3H2,1-2H3,(H,20,21)/t11-/m1/s1. The van der Waals surface area contributed by atoms with Gasteiger partial charge in [-0.3, -0.25) is 4.79 Å².